The van der Waals surface area contributed by atoms with Gasteiger partial charge in [0.05, 0.1) is 0 Å². The van der Waals surface area contributed by atoms with Gasteiger partial charge < -0.3 is 16.0 Å². The molecule has 2 rings (SSSR count). The lowest BCUT2D eigenvalue weighted by Crippen LogP contribution is -2.44. The van der Waals surface area contributed by atoms with Crippen LogP contribution < -0.4 is 16.0 Å². The van der Waals surface area contributed by atoms with E-state index in [0.29, 0.717) is 12.6 Å². The lowest BCUT2D eigenvalue weighted by molar-refractivity contribution is 0.462. The molecule has 2 heterocycles. The zero-order chi connectivity index (χ0) is 12.1. The molecule has 1 fully saturated rings. The first-order chi connectivity index (χ1) is 8.35. The summed E-state index contributed by atoms with van der Waals surface area (Å²) in [6.07, 6.45) is 5.27. The van der Waals surface area contributed by atoms with Crippen molar-refractivity contribution in [3.05, 3.63) is 12.4 Å². The van der Waals surface area contributed by atoms with E-state index in [2.05, 4.69) is 27.1 Å². The predicted molar refractivity (Wildman–Crippen MR) is 70.2 cm³/mol. The smallest absolute Gasteiger partial charge is 0.134 e. The third-order valence-electron chi connectivity index (χ3n) is 3.20. The van der Waals surface area contributed by atoms with Crippen molar-refractivity contribution in [2.75, 3.05) is 29.9 Å². The number of piperidine rings is 1. The van der Waals surface area contributed by atoms with Crippen molar-refractivity contribution >= 4 is 11.6 Å². The minimum Gasteiger partial charge on any atom is -0.370 e. The summed E-state index contributed by atoms with van der Waals surface area (Å²) >= 11 is 0. The molecule has 0 radical (unpaired) electrons. The van der Waals surface area contributed by atoms with Gasteiger partial charge in [-0.15, -0.1) is 0 Å². The molecule has 5 nitrogen and oxygen atoms in total. The maximum absolute atomic E-state index is 5.83. The molecule has 5 heteroatoms. The number of aromatic nitrogens is 2. The van der Waals surface area contributed by atoms with E-state index in [1.807, 2.05) is 6.07 Å². The third-order valence-corrected chi connectivity index (χ3v) is 3.20. The Labute approximate surface area is 102 Å². The Kier molecular flexibility index (Phi) is 4.14. The number of anilines is 2. The molecule has 1 aliphatic heterocycles. The third kappa shape index (κ3) is 2.85. The fourth-order valence-corrected chi connectivity index (χ4v) is 2.33. The largest absolute Gasteiger partial charge is 0.370 e. The van der Waals surface area contributed by atoms with Crippen LogP contribution in [0.1, 0.15) is 26.2 Å². The fourth-order valence-electron chi connectivity index (χ4n) is 2.33. The molecule has 0 unspecified atom stereocenters. The molecule has 17 heavy (non-hydrogen) atoms. The molecular weight excluding hydrogens is 214 g/mol. The zero-order valence-corrected chi connectivity index (χ0v) is 10.4. The van der Waals surface area contributed by atoms with Crippen LogP contribution in [0.4, 0.5) is 11.6 Å². The van der Waals surface area contributed by atoms with Crippen molar-refractivity contribution in [1.29, 1.82) is 0 Å². The van der Waals surface area contributed by atoms with Gasteiger partial charge in [0.1, 0.15) is 18.0 Å². The second-order valence-electron chi connectivity index (χ2n) is 4.37. The predicted octanol–water partition coefficient (Wildman–Crippen LogP) is 1.23. The molecule has 0 aliphatic carbocycles. The number of nitrogens with two attached hydrogens (primary N) is 1. The van der Waals surface area contributed by atoms with Crippen LogP contribution in [0.3, 0.4) is 0 Å². The van der Waals surface area contributed by atoms with Crippen molar-refractivity contribution in [2.45, 2.75) is 32.2 Å². The van der Waals surface area contributed by atoms with E-state index in [-0.39, 0.29) is 0 Å². The molecule has 94 valence electrons. The molecule has 1 aromatic heterocycles. The Bertz CT molecular complexity index is 355. The molecule has 1 atom stereocenters. The van der Waals surface area contributed by atoms with Gasteiger partial charge in [0.2, 0.25) is 0 Å². The Morgan fingerprint density at radius 2 is 2.35 bits per heavy atom. The van der Waals surface area contributed by atoms with E-state index in [9.17, 15) is 0 Å². The van der Waals surface area contributed by atoms with Gasteiger partial charge >= 0.3 is 0 Å². The maximum atomic E-state index is 5.83. The second-order valence-corrected chi connectivity index (χ2v) is 4.37. The van der Waals surface area contributed by atoms with Crippen molar-refractivity contribution in [2.24, 2.45) is 5.73 Å². The van der Waals surface area contributed by atoms with Crippen LogP contribution in [0.25, 0.3) is 0 Å². The van der Waals surface area contributed by atoms with Crippen LogP contribution in [-0.4, -0.2) is 35.6 Å². The van der Waals surface area contributed by atoms with Crippen LogP contribution in [0.2, 0.25) is 0 Å². The Hall–Kier alpha value is -1.36. The van der Waals surface area contributed by atoms with Gasteiger partial charge in [-0.25, -0.2) is 9.97 Å². The number of nitrogens with one attached hydrogen (secondary N) is 1. The molecule has 0 bridgehead atoms. The molecule has 1 saturated heterocycles. The highest BCUT2D eigenvalue weighted by Gasteiger charge is 2.22. The maximum Gasteiger partial charge on any atom is 0.134 e. The molecule has 0 spiro atoms. The minimum atomic E-state index is 0.424. The van der Waals surface area contributed by atoms with E-state index < -0.39 is 0 Å². The second kappa shape index (κ2) is 5.82. The van der Waals surface area contributed by atoms with E-state index >= 15 is 0 Å². The summed E-state index contributed by atoms with van der Waals surface area (Å²) in [7, 11) is 0. The van der Waals surface area contributed by atoms with Crippen LogP contribution >= 0.6 is 0 Å². The summed E-state index contributed by atoms with van der Waals surface area (Å²) in [6.45, 7) is 4.67. The van der Waals surface area contributed by atoms with Crippen LogP contribution in [0.5, 0.6) is 0 Å². The topological polar surface area (TPSA) is 67.1 Å². The number of hydrogen-bond donors (Lipinski definition) is 2. The van der Waals surface area contributed by atoms with Gasteiger partial charge in [-0.2, -0.15) is 0 Å². The van der Waals surface area contributed by atoms with Gasteiger partial charge in [-0.05, 0) is 26.2 Å². The summed E-state index contributed by atoms with van der Waals surface area (Å²) in [5.41, 5.74) is 5.83. The first-order valence-electron chi connectivity index (χ1n) is 6.37. The molecular formula is C12H21N5. The van der Waals surface area contributed by atoms with Gasteiger partial charge in [-0.1, -0.05) is 0 Å². The number of hydrogen-bond acceptors (Lipinski definition) is 5. The highest BCUT2D eigenvalue weighted by molar-refractivity contribution is 5.49. The lowest BCUT2D eigenvalue weighted by Gasteiger charge is -2.36. The molecule has 0 amide bonds. The van der Waals surface area contributed by atoms with Crippen LogP contribution in [0, 0.1) is 0 Å². The number of nitrogens with zero attached hydrogens (tertiary/aromatic N) is 3. The van der Waals surface area contributed by atoms with Gasteiger partial charge in [0, 0.05) is 31.7 Å². The highest BCUT2D eigenvalue weighted by atomic mass is 15.2. The average Bonchev–Trinajstić information content (AvgIpc) is 2.39. The van der Waals surface area contributed by atoms with Crippen LogP contribution in [-0.2, 0) is 0 Å². The Balaban J connectivity index is 2.16. The van der Waals surface area contributed by atoms with Crippen molar-refractivity contribution in [3.8, 4) is 0 Å². The molecule has 1 aromatic rings. The number of rotatable bonds is 4. The lowest BCUT2D eigenvalue weighted by atomic mass is 10.0. The van der Waals surface area contributed by atoms with E-state index in [0.717, 1.165) is 31.1 Å². The Morgan fingerprint density at radius 1 is 1.47 bits per heavy atom. The quantitative estimate of drug-likeness (QED) is 0.821. The summed E-state index contributed by atoms with van der Waals surface area (Å²) in [5, 5.41) is 3.21. The summed E-state index contributed by atoms with van der Waals surface area (Å²) < 4.78 is 0. The van der Waals surface area contributed by atoms with Crippen molar-refractivity contribution < 1.29 is 0 Å². The molecule has 3 N–H and O–H groups in total. The van der Waals surface area contributed by atoms with Crippen molar-refractivity contribution in [1.82, 2.24) is 9.97 Å². The Morgan fingerprint density at radius 3 is 3.12 bits per heavy atom. The van der Waals surface area contributed by atoms with Gasteiger partial charge in [0.25, 0.3) is 0 Å². The first kappa shape index (κ1) is 12.1. The first-order valence-corrected chi connectivity index (χ1v) is 6.37. The summed E-state index contributed by atoms with van der Waals surface area (Å²) in [6, 6.07) is 2.44. The molecule has 0 saturated carbocycles. The highest BCUT2D eigenvalue weighted by Crippen LogP contribution is 2.23. The summed E-state index contributed by atoms with van der Waals surface area (Å²) in [4.78, 5) is 10.9. The fraction of sp³-hybridized carbons (Fsp3) is 0.667. The van der Waals surface area contributed by atoms with Crippen LogP contribution in [0.15, 0.2) is 12.4 Å². The van der Waals surface area contributed by atoms with Crippen molar-refractivity contribution in [3.63, 3.8) is 0 Å². The zero-order valence-electron chi connectivity index (χ0n) is 10.4. The molecule has 1 aliphatic rings. The van der Waals surface area contributed by atoms with E-state index in [4.69, 9.17) is 5.73 Å². The molecule has 0 aromatic carbocycles. The standard InChI is InChI=1S/C12H21N5/c1-2-14-11-7-12(16-9-15-11)17-6-4-3-5-10(17)8-13/h7,9-10H,2-6,8,13H2,1H3,(H,14,15,16)/t10-/m0/s1. The van der Waals surface area contributed by atoms with Gasteiger partial charge in [-0.3, -0.25) is 0 Å². The normalized spacial score (nSPS) is 20.4. The van der Waals surface area contributed by atoms with E-state index in [1.165, 1.54) is 12.8 Å². The SMILES string of the molecule is CCNc1cc(N2CCCC[C@H]2CN)ncn1. The minimum absolute atomic E-state index is 0.424. The van der Waals surface area contributed by atoms with Gasteiger partial charge in [0.15, 0.2) is 0 Å². The van der Waals surface area contributed by atoms with E-state index in [1.54, 1.807) is 6.33 Å². The monoisotopic (exact) mass is 235 g/mol. The summed E-state index contributed by atoms with van der Waals surface area (Å²) in [5.74, 6) is 1.88. The average molecular weight is 235 g/mol.